The van der Waals surface area contributed by atoms with Gasteiger partial charge in [-0.05, 0) is 56.1 Å². The highest BCUT2D eigenvalue weighted by atomic mass is 79.9. The Hall–Kier alpha value is -0.720. The summed E-state index contributed by atoms with van der Waals surface area (Å²) in [6, 6.07) is 6.05. The van der Waals surface area contributed by atoms with Crippen LogP contribution >= 0.6 is 43.2 Å². The van der Waals surface area contributed by atoms with Gasteiger partial charge in [-0.15, -0.1) is 11.3 Å². The number of thiophene rings is 1. The van der Waals surface area contributed by atoms with E-state index < -0.39 is 0 Å². The minimum atomic E-state index is -0.367. The van der Waals surface area contributed by atoms with Gasteiger partial charge in [-0.25, -0.2) is 4.39 Å². The van der Waals surface area contributed by atoms with E-state index in [1.165, 1.54) is 18.2 Å². The summed E-state index contributed by atoms with van der Waals surface area (Å²) < 4.78 is 14.5. The predicted molar refractivity (Wildman–Crippen MR) is 81.9 cm³/mol. The summed E-state index contributed by atoms with van der Waals surface area (Å²) in [5.74, 6) is -0.510. The van der Waals surface area contributed by atoms with Crippen molar-refractivity contribution in [3.8, 4) is 0 Å². The maximum atomic E-state index is 13.0. The monoisotopic (exact) mass is 405 g/mol. The van der Waals surface area contributed by atoms with Crippen molar-refractivity contribution in [1.82, 2.24) is 4.90 Å². The second-order valence-electron chi connectivity index (χ2n) is 4.02. The summed E-state index contributed by atoms with van der Waals surface area (Å²) in [7, 11) is 1.73. The number of carbonyl (C=O) groups is 1. The van der Waals surface area contributed by atoms with Crippen molar-refractivity contribution in [2.24, 2.45) is 0 Å². The SMILES string of the molecule is CN(Cc1cc(Br)cs1)C(=O)c1ccc(F)cc1Br. The topological polar surface area (TPSA) is 20.3 Å². The van der Waals surface area contributed by atoms with Gasteiger partial charge in [0.1, 0.15) is 5.82 Å². The van der Waals surface area contributed by atoms with E-state index in [0.717, 1.165) is 9.35 Å². The van der Waals surface area contributed by atoms with Gasteiger partial charge in [-0.3, -0.25) is 4.79 Å². The molecule has 0 unspecified atom stereocenters. The number of amides is 1. The highest BCUT2D eigenvalue weighted by molar-refractivity contribution is 9.10. The highest BCUT2D eigenvalue weighted by Gasteiger charge is 2.16. The lowest BCUT2D eigenvalue weighted by molar-refractivity contribution is 0.0785. The quantitative estimate of drug-likeness (QED) is 0.724. The third-order valence-corrected chi connectivity index (χ3v) is 4.86. The summed E-state index contributed by atoms with van der Waals surface area (Å²) in [6.07, 6.45) is 0. The van der Waals surface area contributed by atoms with E-state index in [1.807, 2.05) is 11.4 Å². The van der Waals surface area contributed by atoms with Crippen molar-refractivity contribution in [2.45, 2.75) is 6.54 Å². The van der Waals surface area contributed by atoms with Gasteiger partial charge >= 0.3 is 0 Å². The van der Waals surface area contributed by atoms with Gasteiger partial charge in [0.2, 0.25) is 0 Å². The van der Waals surface area contributed by atoms with Crippen molar-refractivity contribution in [3.63, 3.8) is 0 Å². The maximum absolute atomic E-state index is 13.0. The lowest BCUT2D eigenvalue weighted by atomic mass is 10.2. The minimum absolute atomic E-state index is 0.142. The van der Waals surface area contributed by atoms with Gasteiger partial charge in [0, 0.05) is 26.3 Å². The molecule has 1 aromatic heterocycles. The number of carbonyl (C=O) groups excluding carboxylic acids is 1. The average Bonchev–Trinajstić information content (AvgIpc) is 2.74. The third kappa shape index (κ3) is 3.64. The minimum Gasteiger partial charge on any atom is -0.337 e. The van der Waals surface area contributed by atoms with Crippen molar-refractivity contribution >= 4 is 49.1 Å². The van der Waals surface area contributed by atoms with Gasteiger partial charge in [-0.2, -0.15) is 0 Å². The molecule has 2 nitrogen and oxygen atoms in total. The first-order chi connectivity index (χ1) is 8.97. The van der Waals surface area contributed by atoms with Crippen LogP contribution in [-0.4, -0.2) is 17.9 Å². The van der Waals surface area contributed by atoms with Crippen LogP contribution in [0.1, 0.15) is 15.2 Å². The zero-order valence-electron chi connectivity index (χ0n) is 9.99. The first-order valence-electron chi connectivity index (χ1n) is 5.41. The molecule has 0 radical (unpaired) electrons. The fourth-order valence-electron chi connectivity index (χ4n) is 1.61. The molecule has 0 aliphatic heterocycles. The van der Waals surface area contributed by atoms with Gasteiger partial charge in [-0.1, -0.05) is 0 Å². The molecule has 1 heterocycles. The summed E-state index contributed by atoms with van der Waals surface area (Å²) in [4.78, 5) is 14.9. The molecule has 0 saturated heterocycles. The summed E-state index contributed by atoms with van der Waals surface area (Å²) in [6.45, 7) is 0.527. The Balaban J connectivity index is 2.14. The molecule has 0 saturated carbocycles. The standard InChI is InChI=1S/C13H10Br2FNOS/c1-17(6-10-4-8(14)7-19-10)13(18)11-3-2-9(16)5-12(11)15/h2-5,7H,6H2,1H3. The lowest BCUT2D eigenvalue weighted by Crippen LogP contribution is -2.26. The summed E-state index contributed by atoms with van der Waals surface area (Å²) in [5, 5.41) is 1.97. The molecule has 2 aromatic rings. The number of nitrogens with zero attached hydrogens (tertiary/aromatic N) is 1. The fraction of sp³-hybridized carbons (Fsp3) is 0.154. The molecule has 19 heavy (non-hydrogen) atoms. The normalized spacial score (nSPS) is 10.5. The van der Waals surface area contributed by atoms with E-state index in [0.29, 0.717) is 16.6 Å². The lowest BCUT2D eigenvalue weighted by Gasteiger charge is -2.17. The van der Waals surface area contributed by atoms with Crippen LogP contribution in [-0.2, 0) is 6.54 Å². The third-order valence-electron chi connectivity index (χ3n) is 2.52. The molecule has 0 aliphatic carbocycles. The van der Waals surface area contributed by atoms with Crippen LogP contribution in [0.4, 0.5) is 4.39 Å². The first kappa shape index (κ1) is 14.7. The van der Waals surface area contributed by atoms with Crippen LogP contribution in [0, 0.1) is 5.82 Å². The van der Waals surface area contributed by atoms with E-state index in [2.05, 4.69) is 31.9 Å². The molecule has 1 aromatic carbocycles. The Morgan fingerprint density at radius 3 is 2.68 bits per heavy atom. The van der Waals surface area contributed by atoms with Crippen LogP contribution in [0.3, 0.4) is 0 Å². The van der Waals surface area contributed by atoms with Crippen LogP contribution in [0.2, 0.25) is 0 Å². The Labute approximate surface area is 131 Å². The molecular weight excluding hydrogens is 397 g/mol. The van der Waals surface area contributed by atoms with E-state index >= 15 is 0 Å². The Bertz CT molecular complexity index is 614. The second kappa shape index (κ2) is 6.15. The zero-order chi connectivity index (χ0) is 14.0. The van der Waals surface area contributed by atoms with Gasteiger partial charge in [0.05, 0.1) is 12.1 Å². The van der Waals surface area contributed by atoms with Gasteiger partial charge in [0.15, 0.2) is 0 Å². The van der Waals surface area contributed by atoms with E-state index in [-0.39, 0.29) is 11.7 Å². The van der Waals surface area contributed by atoms with Gasteiger partial charge < -0.3 is 4.90 Å². The van der Waals surface area contributed by atoms with Crippen molar-refractivity contribution in [2.75, 3.05) is 7.05 Å². The average molecular weight is 407 g/mol. The van der Waals surface area contributed by atoms with E-state index in [4.69, 9.17) is 0 Å². The number of halogens is 3. The van der Waals surface area contributed by atoms with E-state index in [1.54, 1.807) is 23.3 Å². The van der Waals surface area contributed by atoms with Crippen LogP contribution < -0.4 is 0 Å². The highest BCUT2D eigenvalue weighted by Crippen LogP contribution is 2.23. The molecule has 100 valence electrons. The van der Waals surface area contributed by atoms with Crippen molar-refractivity contribution in [1.29, 1.82) is 0 Å². The number of benzene rings is 1. The molecule has 0 atom stereocenters. The smallest absolute Gasteiger partial charge is 0.255 e. The fourth-order valence-corrected chi connectivity index (χ4v) is 3.63. The summed E-state index contributed by atoms with van der Waals surface area (Å²) in [5.41, 5.74) is 0.458. The molecule has 0 N–H and O–H groups in total. The largest absolute Gasteiger partial charge is 0.337 e. The maximum Gasteiger partial charge on any atom is 0.255 e. The molecule has 2 rings (SSSR count). The van der Waals surface area contributed by atoms with Crippen LogP contribution in [0.5, 0.6) is 0 Å². The van der Waals surface area contributed by atoms with E-state index in [9.17, 15) is 9.18 Å². The number of hydrogen-bond acceptors (Lipinski definition) is 2. The van der Waals surface area contributed by atoms with Crippen LogP contribution in [0.25, 0.3) is 0 Å². The zero-order valence-corrected chi connectivity index (χ0v) is 14.0. The van der Waals surface area contributed by atoms with Crippen molar-refractivity contribution < 1.29 is 9.18 Å². The Kier molecular flexibility index (Phi) is 4.76. The molecule has 0 fully saturated rings. The first-order valence-corrected chi connectivity index (χ1v) is 7.87. The molecule has 0 aliphatic rings. The molecule has 0 bridgehead atoms. The molecular formula is C13H10Br2FNOS. The summed E-state index contributed by atoms with van der Waals surface area (Å²) >= 11 is 8.18. The molecule has 1 amide bonds. The number of rotatable bonds is 3. The van der Waals surface area contributed by atoms with Crippen molar-refractivity contribution in [3.05, 3.63) is 54.8 Å². The van der Waals surface area contributed by atoms with Crippen LogP contribution in [0.15, 0.2) is 38.6 Å². The molecule has 6 heteroatoms. The number of hydrogen-bond donors (Lipinski definition) is 0. The van der Waals surface area contributed by atoms with Gasteiger partial charge in [0.25, 0.3) is 5.91 Å². The predicted octanol–water partition coefficient (Wildman–Crippen LogP) is 4.68. The second-order valence-corrected chi connectivity index (χ2v) is 6.78. The Morgan fingerprint density at radius 2 is 2.11 bits per heavy atom. The Morgan fingerprint density at radius 1 is 1.37 bits per heavy atom. The molecule has 0 spiro atoms.